The molecule has 0 saturated heterocycles. The zero-order chi connectivity index (χ0) is 9.10. The second kappa shape index (κ2) is 4.13. The van der Waals surface area contributed by atoms with Crippen molar-refractivity contribution in [2.24, 2.45) is 5.92 Å². The number of nitrogens with one attached hydrogen (secondary N) is 1. The highest BCUT2D eigenvalue weighted by molar-refractivity contribution is 7.99. The summed E-state index contributed by atoms with van der Waals surface area (Å²) in [6, 6.07) is 0. The number of hydrogen-bond donors (Lipinski definition) is 1. The van der Waals surface area contributed by atoms with Crippen molar-refractivity contribution in [1.29, 1.82) is 0 Å². The fraction of sp³-hybridized carbons (Fsp3) is 0.778. The van der Waals surface area contributed by atoms with Crippen LogP contribution in [-0.2, 0) is 0 Å². The Balaban J connectivity index is 1.87. The summed E-state index contributed by atoms with van der Waals surface area (Å²) in [5, 5.41) is 8.37. The molecule has 2 rings (SSSR count). The zero-order valence-electron chi connectivity index (χ0n) is 7.86. The molecule has 0 amide bonds. The number of nitrogens with zero attached hydrogens (tertiary/aromatic N) is 2. The Morgan fingerprint density at radius 2 is 2.31 bits per heavy atom. The van der Waals surface area contributed by atoms with Crippen LogP contribution in [0.1, 0.15) is 32.6 Å². The Morgan fingerprint density at radius 3 is 2.92 bits per heavy atom. The third-order valence-corrected chi connectivity index (χ3v) is 3.93. The normalized spacial score (nSPS) is 20.7. The van der Waals surface area contributed by atoms with Crippen LogP contribution in [0.5, 0.6) is 0 Å². The molecule has 1 aromatic heterocycles. The summed E-state index contributed by atoms with van der Waals surface area (Å²) >= 11 is 1.82. The van der Waals surface area contributed by atoms with E-state index < -0.39 is 0 Å². The Labute approximate surface area is 82.7 Å². The maximum atomic E-state index is 4.12. The van der Waals surface area contributed by atoms with Gasteiger partial charge in [0, 0.05) is 5.25 Å². The SMILES string of the molecule is CC(Sc1ncn[nH]1)C1CCCC1. The van der Waals surface area contributed by atoms with Crippen LogP contribution in [0.2, 0.25) is 0 Å². The fourth-order valence-corrected chi connectivity index (χ4v) is 2.98. The molecule has 1 fully saturated rings. The lowest BCUT2D eigenvalue weighted by atomic mass is 10.1. The number of H-pyrrole nitrogens is 1. The lowest BCUT2D eigenvalue weighted by Gasteiger charge is -2.16. The van der Waals surface area contributed by atoms with Gasteiger partial charge in [-0.2, -0.15) is 5.10 Å². The van der Waals surface area contributed by atoms with E-state index in [1.54, 1.807) is 6.33 Å². The molecule has 3 nitrogen and oxygen atoms in total. The number of aromatic amines is 1. The van der Waals surface area contributed by atoms with Crippen molar-refractivity contribution >= 4 is 11.8 Å². The molecule has 1 aliphatic carbocycles. The molecule has 1 heterocycles. The number of aromatic nitrogens is 3. The van der Waals surface area contributed by atoms with E-state index in [0.717, 1.165) is 11.1 Å². The number of hydrogen-bond acceptors (Lipinski definition) is 3. The van der Waals surface area contributed by atoms with Gasteiger partial charge in [0.15, 0.2) is 5.16 Å². The smallest absolute Gasteiger partial charge is 0.183 e. The van der Waals surface area contributed by atoms with Crippen LogP contribution in [0.15, 0.2) is 11.5 Å². The van der Waals surface area contributed by atoms with Crippen LogP contribution in [0, 0.1) is 5.92 Å². The fourth-order valence-electron chi connectivity index (χ4n) is 1.95. The molecular formula is C9H15N3S. The monoisotopic (exact) mass is 197 g/mol. The summed E-state index contributed by atoms with van der Waals surface area (Å²) < 4.78 is 0. The molecule has 1 aliphatic rings. The van der Waals surface area contributed by atoms with Gasteiger partial charge in [0.25, 0.3) is 0 Å². The largest absolute Gasteiger partial charge is 0.254 e. The third-order valence-electron chi connectivity index (χ3n) is 2.75. The average Bonchev–Trinajstić information content (AvgIpc) is 2.74. The summed E-state index contributed by atoms with van der Waals surface area (Å²) in [7, 11) is 0. The van der Waals surface area contributed by atoms with Gasteiger partial charge in [-0.15, -0.1) is 0 Å². The van der Waals surface area contributed by atoms with Crippen LogP contribution >= 0.6 is 11.8 Å². The van der Waals surface area contributed by atoms with Crippen molar-refractivity contribution in [2.75, 3.05) is 0 Å². The van der Waals surface area contributed by atoms with Crippen molar-refractivity contribution in [3.8, 4) is 0 Å². The lowest BCUT2D eigenvalue weighted by Crippen LogP contribution is -2.09. The molecule has 13 heavy (non-hydrogen) atoms. The van der Waals surface area contributed by atoms with Crippen molar-refractivity contribution < 1.29 is 0 Å². The first-order chi connectivity index (χ1) is 6.36. The van der Waals surface area contributed by atoms with Crippen LogP contribution < -0.4 is 0 Å². The summed E-state index contributed by atoms with van der Waals surface area (Å²) in [6.45, 7) is 2.29. The quantitative estimate of drug-likeness (QED) is 0.757. The summed E-state index contributed by atoms with van der Waals surface area (Å²) in [6.07, 6.45) is 7.17. The Hall–Kier alpha value is -0.510. The molecule has 0 radical (unpaired) electrons. The predicted octanol–water partition coefficient (Wildman–Crippen LogP) is 2.48. The third kappa shape index (κ3) is 2.24. The number of thioether (sulfide) groups is 1. The van der Waals surface area contributed by atoms with Crippen molar-refractivity contribution in [3.63, 3.8) is 0 Å². The van der Waals surface area contributed by atoms with E-state index in [0.29, 0.717) is 5.25 Å². The van der Waals surface area contributed by atoms with E-state index in [4.69, 9.17) is 0 Å². The minimum Gasteiger partial charge on any atom is -0.254 e. The minimum atomic E-state index is 0.676. The molecule has 4 heteroatoms. The molecule has 0 spiro atoms. The van der Waals surface area contributed by atoms with Gasteiger partial charge in [0.2, 0.25) is 0 Å². The molecule has 1 atom stereocenters. The molecule has 72 valence electrons. The van der Waals surface area contributed by atoms with E-state index >= 15 is 0 Å². The van der Waals surface area contributed by atoms with E-state index in [9.17, 15) is 0 Å². The van der Waals surface area contributed by atoms with E-state index in [-0.39, 0.29) is 0 Å². The van der Waals surface area contributed by atoms with Gasteiger partial charge in [0.05, 0.1) is 0 Å². The van der Waals surface area contributed by atoms with Crippen LogP contribution in [0.4, 0.5) is 0 Å². The van der Waals surface area contributed by atoms with E-state index in [1.807, 2.05) is 11.8 Å². The lowest BCUT2D eigenvalue weighted by molar-refractivity contribution is 0.543. The van der Waals surface area contributed by atoms with Gasteiger partial charge in [-0.1, -0.05) is 31.5 Å². The first-order valence-electron chi connectivity index (χ1n) is 4.88. The number of rotatable bonds is 3. The molecule has 1 aromatic rings. The van der Waals surface area contributed by atoms with Gasteiger partial charge in [-0.25, -0.2) is 4.98 Å². The maximum Gasteiger partial charge on any atom is 0.183 e. The van der Waals surface area contributed by atoms with Gasteiger partial charge < -0.3 is 0 Å². The molecular weight excluding hydrogens is 182 g/mol. The zero-order valence-corrected chi connectivity index (χ0v) is 8.68. The van der Waals surface area contributed by atoms with Gasteiger partial charge >= 0.3 is 0 Å². The maximum absolute atomic E-state index is 4.12. The van der Waals surface area contributed by atoms with Crippen LogP contribution in [-0.4, -0.2) is 20.4 Å². The van der Waals surface area contributed by atoms with Gasteiger partial charge in [0.1, 0.15) is 6.33 Å². The minimum absolute atomic E-state index is 0.676. The summed E-state index contributed by atoms with van der Waals surface area (Å²) in [4.78, 5) is 4.12. The standard InChI is InChI=1S/C9H15N3S/c1-7(8-4-2-3-5-8)13-9-10-6-11-12-9/h6-8H,2-5H2,1H3,(H,10,11,12). The first kappa shape index (κ1) is 9.06. The molecule has 1 unspecified atom stereocenters. The summed E-state index contributed by atoms with van der Waals surface area (Å²) in [5.41, 5.74) is 0. The second-order valence-electron chi connectivity index (χ2n) is 3.66. The highest BCUT2D eigenvalue weighted by atomic mass is 32.2. The Kier molecular flexibility index (Phi) is 2.88. The van der Waals surface area contributed by atoms with Crippen molar-refractivity contribution in [2.45, 2.75) is 43.0 Å². The highest BCUT2D eigenvalue weighted by Crippen LogP contribution is 2.35. The van der Waals surface area contributed by atoms with Crippen molar-refractivity contribution in [1.82, 2.24) is 15.2 Å². The molecule has 0 aromatic carbocycles. The average molecular weight is 197 g/mol. The highest BCUT2D eigenvalue weighted by Gasteiger charge is 2.22. The molecule has 1 N–H and O–H groups in total. The first-order valence-corrected chi connectivity index (χ1v) is 5.76. The molecule has 0 bridgehead atoms. The topological polar surface area (TPSA) is 41.6 Å². The predicted molar refractivity (Wildman–Crippen MR) is 53.7 cm³/mol. The van der Waals surface area contributed by atoms with Gasteiger partial charge in [-0.05, 0) is 18.8 Å². The van der Waals surface area contributed by atoms with Crippen LogP contribution in [0.3, 0.4) is 0 Å². The Bertz CT molecular complexity index is 241. The van der Waals surface area contributed by atoms with Crippen LogP contribution in [0.25, 0.3) is 0 Å². The molecule has 1 saturated carbocycles. The van der Waals surface area contributed by atoms with E-state index in [2.05, 4.69) is 22.1 Å². The van der Waals surface area contributed by atoms with E-state index in [1.165, 1.54) is 25.7 Å². The van der Waals surface area contributed by atoms with Crippen molar-refractivity contribution in [3.05, 3.63) is 6.33 Å². The second-order valence-corrected chi connectivity index (χ2v) is 5.02. The summed E-state index contributed by atoms with van der Waals surface area (Å²) in [5.74, 6) is 0.884. The Morgan fingerprint density at radius 1 is 1.54 bits per heavy atom. The molecule has 0 aliphatic heterocycles. The van der Waals surface area contributed by atoms with Gasteiger partial charge in [-0.3, -0.25) is 5.10 Å².